The Kier molecular flexibility index (Phi) is 6.50. The molecular weight excluding hydrogens is 342 g/mol. The number of amides is 2. The summed E-state index contributed by atoms with van der Waals surface area (Å²) < 4.78 is 5.36. The summed E-state index contributed by atoms with van der Waals surface area (Å²) in [6, 6.07) is 6.39. The smallest absolute Gasteiger partial charge is 0.242 e. The molecule has 1 aromatic carbocycles. The van der Waals surface area contributed by atoms with E-state index < -0.39 is 0 Å². The Hall–Kier alpha value is -1.92. The van der Waals surface area contributed by atoms with Crippen LogP contribution < -0.4 is 0 Å². The second-order valence-corrected chi connectivity index (χ2v) is 7.89. The summed E-state index contributed by atoms with van der Waals surface area (Å²) in [5.74, 6) is 0.0232. The van der Waals surface area contributed by atoms with E-state index in [9.17, 15) is 9.59 Å². The topological polar surface area (TPSA) is 53.1 Å². The van der Waals surface area contributed by atoms with Crippen molar-refractivity contribution in [3.63, 3.8) is 0 Å². The Labute approximate surface area is 162 Å². The van der Waals surface area contributed by atoms with Crippen molar-refractivity contribution in [2.24, 2.45) is 5.92 Å². The number of carbonyl (C=O) groups excluding carboxylic acids is 2. The molecule has 0 N–H and O–H groups in total. The predicted octanol–water partition coefficient (Wildman–Crippen LogP) is 1.44. The van der Waals surface area contributed by atoms with Crippen molar-refractivity contribution in [3.8, 4) is 0 Å². The third-order valence-corrected chi connectivity index (χ3v) is 5.34. The molecule has 1 aromatic rings. The predicted molar refractivity (Wildman–Crippen MR) is 104 cm³/mol. The van der Waals surface area contributed by atoms with Gasteiger partial charge in [-0.25, -0.2) is 0 Å². The van der Waals surface area contributed by atoms with Crippen LogP contribution in [0.1, 0.15) is 23.6 Å². The van der Waals surface area contributed by atoms with Crippen LogP contribution in [0.4, 0.5) is 0 Å². The van der Waals surface area contributed by atoms with Crippen molar-refractivity contribution >= 4 is 11.8 Å². The molecule has 2 aliphatic rings. The number of aryl methyl sites for hydroxylation is 2. The van der Waals surface area contributed by atoms with Crippen molar-refractivity contribution in [3.05, 3.63) is 34.9 Å². The maximum atomic E-state index is 12.8. The summed E-state index contributed by atoms with van der Waals surface area (Å²) in [4.78, 5) is 31.2. The van der Waals surface area contributed by atoms with Crippen LogP contribution in [0.15, 0.2) is 18.2 Å². The molecule has 1 atom stereocenters. The zero-order valence-corrected chi connectivity index (χ0v) is 16.7. The molecule has 0 bridgehead atoms. The first-order chi connectivity index (χ1) is 12.9. The van der Waals surface area contributed by atoms with E-state index in [0.717, 1.165) is 38.4 Å². The molecule has 6 nitrogen and oxygen atoms in total. The SMILES string of the molecule is Cc1cc(C)cc(CN2CCN(C(=O)[C@@H](C)CN3CCOCC3)CC2=O)c1. The standard InChI is InChI=1S/C21H31N3O3/c1-16-10-17(2)12-19(11-16)14-23-4-5-24(15-20(23)25)21(26)18(3)13-22-6-8-27-9-7-22/h10-12,18H,4-9,13-15H2,1-3H3/t18-/m0/s1. The highest BCUT2D eigenvalue weighted by molar-refractivity contribution is 5.87. The summed E-state index contributed by atoms with van der Waals surface area (Å²) in [6.07, 6.45) is 0. The summed E-state index contributed by atoms with van der Waals surface area (Å²) in [5, 5.41) is 0. The molecule has 6 heteroatoms. The third-order valence-electron chi connectivity index (χ3n) is 5.34. The van der Waals surface area contributed by atoms with Crippen LogP contribution in [-0.4, -0.2) is 79.0 Å². The van der Waals surface area contributed by atoms with Crippen molar-refractivity contribution in [1.82, 2.24) is 14.7 Å². The van der Waals surface area contributed by atoms with E-state index in [2.05, 4.69) is 36.9 Å². The summed E-state index contributed by atoms with van der Waals surface area (Å²) in [7, 11) is 0. The Morgan fingerprint density at radius 3 is 2.37 bits per heavy atom. The normalized spacial score (nSPS) is 20.0. The van der Waals surface area contributed by atoms with Crippen LogP contribution >= 0.6 is 0 Å². The molecule has 2 aliphatic heterocycles. The van der Waals surface area contributed by atoms with Crippen LogP contribution in [0.25, 0.3) is 0 Å². The van der Waals surface area contributed by atoms with Gasteiger partial charge in [-0.2, -0.15) is 0 Å². The van der Waals surface area contributed by atoms with E-state index in [0.29, 0.717) is 19.6 Å². The van der Waals surface area contributed by atoms with Gasteiger partial charge in [0.15, 0.2) is 0 Å². The zero-order chi connectivity index (χ0) is 19.4. The van der Waals surface area contributed by atoms with Gasteiger partial charge in [0, 0.05) is 45.2 Å². The van der Waals surface area contributed by atoms with Gasteiger partial charge in [-0.05, 0) is 19.4 Å². The van der Waals surface area contributed by atoms with Gasteiger partial charge in [0.2, 0.25) is 11.8 Å². The molecule has 3 rings (SSSR count). The van der Waals surface area contributed by atoms with E-state index in [4.69, 9.17) is 4.74 Å². The molecular formula is C21H31N3O3. The first kappa shape index (κ1) is 19.8. The second-order valence-electron chi connectivity index (χ2n) is 7.89. The first-order valence-corrected chi connectivity index (χ1v) is 9.86. The number of carbonyl (C=O) groups is 2. The van der Waals surface area contributed by atoms with Gasteiger partial charge in [0.25, 0.3) is 0 Å². The van der Waals surface area contributed by atoms with Crippen LogP contribution in [0.3, 0.4) is 0 Å². The van der Waals surface area contributed by atoms with Gasteiger partial charge in [-0.15, -0.1) is 0 Å². The fourth-order valence-corrected chi connectivity index (χ4v) is 4.01. The molecule has 0 saturated carbocycles. The van der Waals surface area contributed by atoms with Gasteiger partial charge in [-0.1, -0.05) is 36.2 Å². The number of rotatable bonds is 5. The van der Waals surface area contributed by atoms with Crippen LogP contribution in [-0.2, 0) is 20.9 Å². The van der Waals surface area contributed by atoms with Crippen molar-refractivity contribution in [2.45, 2.75) is 27.3 Å². The summed E-state index contributed by atoms with van der Waals surface area (Å²) >= 11 is 0. The van der Waals surface area contributed by atoms with Gasteiger partial charge >= 0.3 is 0 Å². The number of morpholine rings is 1. The lowest BCUT2D eigenvalue weighted by Gasteiger charge is -2.36. The first-order valence-electron chi connectivity index (χ1n) is 9.86. The number of ether oxygens (including phenoxy) is 1. The van der Waals surface area contributed by atoms with E-state index in [1.807, 2.05) is 11.8 Å². The minimum absolute atomic E-state index is 0.0346. The van der Waals surface area contributed by atoms with E-state index in [-0.39, 0.29) is 24.3 Å². The highest BCUT2D eigenvalue weighted by Crippen LogP contribution is 2.15. The lowest BCUT2D eigenvalue weighted by Crippen LogP contribution is -2.54. The Morgan fingerprint density at radius 2 is 1.74 bits per heavy atom. The second kappa shape index (κ2) is 8.85. The molecule has 2 amide bonds. The molecule has 0 radical (unpaired) electrons. The third kappa shape index (κ3) is 5.30. The van der Waals surface area contributed by atoms with Crippen LogP contribution in [0.2, 0.25) is 0 Å². The maximum absolute atomic E-state index is 12.8. The average Bonchev–Trinajstić information content (AvgIpc) is 2.63. The minimum atomic E-state index is -0.0955. The van der Waals surface area contributed by atoms with Crippen LogP contribution in [0.5, 0.6) is 0 Å². The number of hydrogen-bond donors (Lipinski definition) is 0. The quantitative estimate of drug-likeness (QED) is 0.784. The Balaban J connectivity index is 1.52. The van der Waals surface area contributed by atoms with E-state index in [1.165, 1.54) is 11.1 Å². The Morgan fingerprint density at radius 1 is 1.07 bits per heavy atom. The molecule has 2 heterocycles. The lowest BCUT2D eigenvalue weighted by molar-refractivity contribution is -0.148. The molecule has 0 spiro atoms. The fraction of sp³-hybridized carbons (Fsp3) is 0.619. The molecule has 2 saturated heterocycles. The molecule has 0 aliphatic carbocycles. The summed E-state index contributed by atoms with van der Waals surface area (Å²) in [5.41, 5.74) is 3.58. The monoisotopic (exact) mass is 373 g/mol. The number of hydrogen-bond acceptors (Lipinski definition) is 4. The van der Waals surface area contributed by atoms with Gasteiger partial charge < -0.3 is 14.5 Å². The maximum Gasteiger partial charge on any atom is 0.242 e. The van der Waals surface area contributed by atoms with Gasteiger partial charge in [0.05, 0.1) is 19.8 Å². The highest BCUT2D eigenvalue weighted by atomic mass is 16.5. The van der Waals surface area contributed by atoms with Gasteiger partial charge in [-0.3, -0.25) is 14.5 Å². The van der Waals surface area contributed by atoms with Crippen LogP contribution in [0, 0.1) is 19.8 Å². The Bertz CT molecular complexity index is 665. The summed E-state index contributed by atoms with van der Waals surface area (Å²) in [6.45, 7) is 12.1. The number of nitrogens with zero attached hydrogens (tertiary/aromatic N) is 3. The lowest BCUT2D eigenvalue weighted by atomic mass is 10.1. The largest absolute Gasteiger partial charge is 0.379 e. The number of piperazine rings is 1. The minimum Gasteiger partial charge on any atom is -0.379 e. The zero-order valence-electron chi connectivity index (χ0n) is 16.7. The van der Waals surface area contributed by atoms with Gasteiger partial charge in [0.1, 0.15) is 0 Å². The average molecular weight is 373 g/mol. The van der Waals surface area contributed by atoms with Crippen molar-refractivity contribution in [1.29, 1.82) is 0 Å². The highest BCUT2D eigenvalue weighted by Gasteiger charge is 2.30. The van der Waals surface area contributed by atoms with Crippen molar-refractivity contribution < 1.29 is 14.3 Å². The molecule has 148 valence electrons. The fourth-order valence-electron chi connectivity index (χ4n) is 4.01. The molecule has 27 heavy (non-hydrogen) atoms. The molecule has 2 fully saturated rings. The molecule has 0 unspecified atom stereocenters. The van der Waals surface area contributed by atoms with E-state index >= 15 is 0 Å². The number of benzene rings is 1. The van der Waals surface area contributed by atoms with E-state index in [1.54, 1.807) is 4.90 Å². The van der Waals surface area contributed by atoms with Crippen molar-refractivity contribution in [2.75, 3.05) is 52.5 Å². The molecule has 0 aromatic heterocycles.